The minimum absolute atomic E-state index is 0.0809. The van der Waals surface area contributed by atoms with Gasteiger partial charge < -0.3 is 15.0 Å². The highest BCUT2D eigenvalue weighted by Gasteiger charge is 2.30. The summed E-state index contributed by atoms with van der Waals surface area (Å²) in [6, 6.07) is 23.7. The summed E-state index contributed by atoms with van der Waals surface area (Å²) in [6.45, 7) is 0.431. The molecule has 1 aliphatic rings. The van der Waals surface area contributed by atoms with E-state index in [0.29, 0.717) is 18.0 Å². The Balaban J connectivity index is 1.41. The topological polar surface area (TPSA) is 54.1 Å². The summed E-state index contributed by atoms with van der Waals surface area (Å²) in [6.07, 6.45) is 2.09. The summed E-state index contributed by atoms with van der Waals surface area (Å²) >= 11 is 6.54. The summed E-state index contributed by atoms with van der Waals surface area (Å²) in [5.74, 6) is 0.600. The van der Waals surface area contributed by atoms with Crippen LogP contribution in [-0.4, -0.2) is 23.5 Å². The summed E-state index contributed by atoms with van der Waals surface area (Å²) in [5.41, 5.74) is 4.22. The molecule has 0 saturated heterocycles. The van der Waals surface area contributed by atoms with E-state index >= 15 is 0 Å². The van der Waals surface area contributed by atoms with Crippen LogP contribution in [-0.2, 0) is 11.2 Å². The van der Waals surface area contributed by atoms with E-state index in [1.54, 1.807) is 0 Å². The van der Waals surface area contributed by atoms with E-state index in [1.807, 2.05) is 72.9 Å². The third-order valence-electron chi connectivity index (χ3n) is 5.70. The minimum atomic E-state index is -0.503. The molecule has 1 aliphatic heterocycles. The summed E-state index contributed by atoms with van der Waals surface area (Å²) in [7, 11) is 0. The number of hydrogen-bond acceptors (Lipinski definition) is 2. The number of amides is 1. The number of halogens is 1. The van der Waals surface area contributed by atoms with Gasteiger partial charge in [0, 0.05) is 41.0 Å². The molecular weight excluding hydrogens is 396 g/mol. The maximum atomic E-state index is 12.9. The van der Waals surface area contributed by atoms with Gasteiger partial charge in [0.25, 0.3) is 5.91 Å². The molecule has 0 aliphatic carbocycles. The number of carbonyl (C=O) groups is 1. The van der Waals surface area contributed by atoms with Crippen LogP contribution in [0.25, 0.3) is 10.9 Å². The molecule has 4 aromatic rings. The van der Waals surface area contributed by atoms with Crippen molar-refractivity contribution in [2.75, 3.05) is 6.54 Å². The van der Waals surface area contributed by atoms with Crippen molar-refractivity contribution in [1.29, 1.82) is 0 Å². The second kappa shape index (κ2) is 7.88. The standard InChI is InChI=1S/C25H21ClN2O2/c26-21-10-4-2-8-17(21)19(20-14-27-22-11-5-3-9-18(20)22)15-28-25(29)24-13-16-7-1-6-12-23(16)30-24/h1-12,14,19,24,27H,13,15H2,(H,28,29)/t19-,24+/m1/s1. The number of rotatable bonds is 5. The van der Waals surface area contributed by atoms with Crippen molar-refractivity contribution in [1.82, 2.24) is 10.3 Å². The summed E-state index contributed by atoms with van der Waals surface area (Å²) in [5, 5.41) is 4.91. The van der Waals surface area contributed by atoms with Crippen molar-refractivity contribution >= 4 is 28.4 Å². The fraction of sp³-hybridized carbons (Fsp3) is 0.160. The van der Waals surface area contributed by atoms with Crippen molar-refractivity contribution in [3.8, 4) is 5.75 Å². The predicted octanol–water partition coefficient (Wildman–Crippen LogP) is 5.07. The van der Waals surface area contributed by atoms with Crippen LogP contribution in [0.5, 0.6) is 5.75 Å². The van der Waals surface area contributed by atoms with Gasteiger partial charge in [-0.1, -0.05) is 66.2 Å². The van der Waals surface area contributed by atoms with E-state index in [4.69, 9.17) is 16.3 Å². The van der Waals surface area contributed by atoms with Crippen molar-refractivity contribution in [2.45, 2.75) is 18.4 Å². The lowest BCUT2D eigenvalue weighted by Crippen LogP contribution is -2.39. The Bertz CT molecular complexity index is 1190. The summed E-state index contributed by atoms with van der Waals surface area (Å²) < 4.78 is 5.85. The molecule has 30 heavy (non-hydrogen) atoms. The molecule has 2 heterocycles. The highest BCUT2D eigenvalue weighted by atomic mass is 35.5. The lowest BCUT2D eigenvalue weighted by molar-refractivity contribution is -0.127. The van der Waals surface area contributed by atoms with Crippen LogP contribution in [0, 0.1) is 0 Å². The molecule has 5 heteroatoms. The maximum absolute atomic E-state index is 12.9. The quantitative estimate of drug-likeness (QED) is 0.477. The van der Waals surface area contributed by atoms with E-state index in [2.05, 4.69) is 16.4 Å². The number of H-pyrrole nitrogens is 1. The molecule has 0 bridgehead atoms. The number of carbonyl (C=O) groups excluding carboxylic acids is 1. The van der Waals surface area contributed by atoms with Crippen LogP contribution in [0.3, 0.4) is 0 Å². The number of ether oxygens (including phenoxy) is 1. The fourth-order valence-corrected chi connectivity index (χ4v) is 4.44. The Morgan fingerprint density at radius 3 is 2.67 bits per heavy atom. The van der Waals surface area contributed by atoms with Gasteiger partial charge in [0.2, 0.25) is 0 Å². The second-order valence-corrected chi connectivity index (χ2v) is 7.93. The van der Waals surface area contributed by atoms with Gasteiger partial charge in [-0.05, 0) is 34.9 Å². The minimum Gasteiger partial charge on any atom is -0.480 e. The third kappa shape index (κ3) is 3.44. The van der Waals surface area contributed by atoms with Crippen LogP contribution < -0.4 is 10.1 Å². The Kier molecular flexibility index (Phi) is 4.93. The Morgan fingerprint density at radius 2 is 1.80 bits per heavy atom. The largest absolute Gasteiger partial charge is 0.480 e. The molecule has 3 aromatic carbocycles. The molecule has 5 rings (SSSR count). The number of para-hydroxylation sites is 2. The molecule has 0 spiro atoms. The van der Waals surface area contributed by atoms with Crippen molar-refractivity contribution in [2.24, 2.45) is 0 Å². The van der Waals surface area contributed by atoms with Gasteiger partial charge in [-0.15, -0.1) is 0 Å². The van der Waals surface area contributed by atoms with Gasteiger partial charge in [-0.3, -0.25) is 4.79 Å². The average Bonchev–Trinajstić information content (AvgIpc) is 3.39. The molecule has 2 atom stereocenters. The molecule has 2 N–H and O–H groups in total. The van der Waals surface area contributed by atoms with E-state index in [9.17, 15) is 4.79 Å². The van der Waals surface area contributed by atoms with Crippen LogP contribution in [0.2, 0.25) is 5.02 Å². The van der Waals surface area contributed by atoms with Crippen LogP contribution >= 0.6 is 11.6 Å². The SMILES string of the molecule is O=C(NC[C@H](c1ccccc1Cl)c1c[nH]c2ccccc12)[C@@H]1Cc2ccccc2O1. The first-order valence-electron chi connectivity index (χ1n) is 10.0. The number of hydrogen-bond donors (Lipinski definition) is 2. The predicted molar refractivity (Wildman–Crippen MR) is 119 cm³/mol. The molecule has 0 saturated carbocycles. The molecule has 1 aromatic heterocycles. The number of nitrogens with one attached hydrogen (secondary N) is 2. The van der Waals surface area contributed by atoms with Crippen LogP contribution in [0.4, 0.5) is 0 Å². The monoisotopic (exact) mass is 416 g/mol. The third-order valence-corrected chi connectivity index (χ3v) is 6.04. The van der Waals surface area contributed by atoms with E-state index in [1.165, 1.54) is 0 Å². The zero-order chi connectivity index (χ0) is 20.5. The Hall–Kier alpha value is -3.24. The number of aromatic amines is 1. The molecule has 150 valence electrons. The molecule has 0 unspecified atom stereocenters. The number of benzene rings is 3. The number of fused-ring (bicyclic) bond motifs is 2. The summed E-state index contributed by atoms with van der Waals surface area (Å²) in [4.78, 5) is 16.2. The second-order valence-electron chi connectivity index (χ2n) is 7.53. The molecule has 0 radical (unpaired) electrons. The van der Waals surface area contributed by atoms with Crippen molar-refractivity contribution in [3.63, 3.8) is 0 Å². The average molecular weight is 417 g/mol. The Morgan fingerprint density at radius 1 is 1.03 bits per heavy atom. The highest BCUT2D eigenvalue weighted by Crippen LogP contribution is 2.34. The Labute approximate surface area is 179 Å². The highest BCUT2D eigenvalue weighted by molar-refractivity contribution is 6.31. The van der Waals surface area contributed by atoms with Gasteiger partial charge in [-0.25, -0.2) is 0 Å². The van der Waals surface area contributed by atoms with Gasteiger partial charge >= 0.3 is 0 Å². The lowest BCUT2D eigenvalue weighted by atomic mass is 9.90. The molecule has 0 fully saturated rings. The fourth-order valence-electron chi connectivity index (χ4n) is 4.17. The molecular formula is C25H21ClN2O2. The van der Waals surface area contributed by atoms with Crippen LogP contribution in [0.1, 0.15) is 22.6 Å². The lowest BCUT2D eigenvalue weighted by Gasteiger charge is -2.20. The van der Waals surface area contributed by atoms with Gasteiger partial charge in [0.15, 0.2) is 6.10 Å². The maximum Gasteiger partial charge on any atom is 0.261 e. The normalized spacial score (nSPS) is 16.1. The number of aromatic nitrogens is 1. The first-order valence-corrected chi connectivity index (χ1v) is 10.4. The van der Waals surface area contributed by atoms with Crippen molar-refractivity contribution in [3.05, 3.63) is 101 Å². The first kappa shape index (κ1) is 18.8. The van der Waals surface area contributed by atoms with Gasteiger partial charge in [0.1, 0.15) is 5.75 Å². The van der Waals surface area contributed by atoms with Gasteiger partial charge in [0.05, 0.1) is 0 Å². The molecule has 4 nitrogen and oxygen atoms in total. The zero-order valence-corrected chi connectivity index (χ0v) is 17.0. The van der Waals surface area contributed by atoms with E-state index in [-0.39, 0.29) is 11.8 Å². The zero-order valence-electron chi connectivity index (χ0n) is 16.3. The first-order chi connectivity index (χ1) is 14.7. The van der Waals surface area contributed by atoms with E-state index < -0.39 is 6.10 Å². The van der Waals surface area contributed by atoms with Crippen LogP contribution in [0.15, 0.2) is 79.0 Å². The van der Waals surface area contributed by atoms with Crippen molar-refractivity contribution < 1.29 is 9.53 Å². The van der Waals surface area contributed by atoms with Gasteiger partial charge in [-0.2, -0.15) is 0 Å². The molecule has 1 amide bonds. The smallest absolute Gasteiger partial charge is 0.261 e. The van der Waals surface area contributed by atoms with E-state index in [0.717, 1.165) is 33.3 Å².